The fourth-order valence-corrected chi connectivity index (χ4v) is 6.74. The molecule has 1 aliphatic rings. The molecular weight excluding hydrogens is 668 g/mol. The maximum atomic E-state index is 13.5. The van der Waals surface area contributed by atoms with Crippen LogP contribution in [0.1, 0.15) is 72.2 Å². The number of esters is 4. The minimum absolute atomic E-state index is 0.126. The van der Waals surface area contributed by atoms with Gasteiger partial charge in [0.15, 0.2) is 0 Å². The summed E-state index contributed by atoms with van der Waals surface area (Å²) in [6, 6.07) is 19.1. The Hall–Kier alpha value is -6.28. The van der Waals surface area contributed by atoms with E-state index in [4.69, 9.17) is 18.9 Å². The van der Waals surface area contributed by atoms with Crippen LogP contribution in [0.5, 0.6) is 23.0 Å². The van der Waals surface area contributed by atoms with Crippen LogP contribution in [0.4, 0.5) is 0 Å². The van der Waals surface area contributed by atoms with Crippen LogP contribution in [0, 0.1) is 27.7 Å². The summed E-state index contributed by atoms with van der Waals surface area (Å²) in [5, 5.41) is 0. The van der Waals surface area contributed by atoms with Crippen molar-refractivity contribution >= 4 is 23.9 Å². The molecule has 0 saturated heterocycles. The van der Waals surface area contributed by atoms with Crippen molar-refractivity contribution in [3.63, 3.8) is 0 Å². The summed E-state index contributed by atoms with van der Waals surface area (Å²) in [7, 11) is 0. The second kappa shape index (κ2) is 14.4. The molecule has 0 fully saturated rings. The Kier molecular flexibility index (Phi) is 10.3. The van der Waals surface area contributed by atoms with Gasteiger partial charge < -0.3 is 18.9 Å². The zero-order chi connectivity index (χ0) is 39.1. The van der Waals surface area contributed by atoms with E-state index in [0.717, 1.165) is 22.3 Å². The number of ether oxygens (including phenoxy) is 4. The van der Waals surface area contributed by atoms with Crippen molar-refractivity contribution in [3.8, 4) is 34.1 Å². The molecule has 0 heterocycles. The van der Waals surface area contributed by atoms with Gasteiger partial charge >= 0.3 is 23.9 Å². The van der Waals surface area contributed by atoms with E-state index in [1.54, 1.807) is 53.7 Å². The minimum Gasteiger partial charge on any atom is -0.423 e. The van der Waals surface area contributed by atoms with E-state index < -0.39 is 29.3 Å². The summed E-state index contributed by atoms with van der Waals surface area (Å²) in [5.41, 5.74) is 5.63. The Labute approximate surface area is 310 Å². The number of carbonyl (C=O) groups is 4. The van der Waals surface area contributed by atoms with Crippen LogP contribution < -0.4 is 18.9 Å². The van der Waals surface area contributed by atoms with Gasteiger partial charge in [0, 0.05) is 44.5 Å². The number of fused-ring (bicyclic) bond motifs is 3. The van der Waals surface area contributed by atoms with Crippen molar-refractivity contribution < 1.29 is 38.1 Å². The average molecular weight is 711 g/mol. The first-order valence-electron chi connectivity index (χ1n) is 16.9. The highest BCUT2D eigenvalue weighted by Crippen LogP contribution is 2.62. The number of carbonyl (C=O) groups excluding carboxylic acids is 4. The standard InChI is InChI=1S/C45H42O8/c1-23(2)41(46)50-35-21-27(9)37(39(29(35)11)52-43(48)25(5)6)45(33-19-15-13-17-31(33)32-18-14-16-20-34(32)45)38-28(10)22-36(51-42(47)24(3)4)30(12)40(38)53-44(49)26(7)8/h13-22H,1,3,5,7H2,2,4,6,8-12H3. The summed E-state index contributed by atoms with van der Waals surface area (Å²) in [6.07, 6.45) is 0. The zero-order valence-corrected chi connectivity index (χ0v) is 31.4. The molecule has 8 nitrogen and oxygen atoms in total. The van der Waals surface area contributed by atoms with Gasteiger partial charge in [0.25, 0.3) is 0 Å². The highest BCUT2D eigenvalue weighted by Gasteiger charge is 2.52. The van der Waals surface area contributed by atoms with Gasteiger partial charge in [-0.05, 0) is 101 Å². The predicted molar refractivity (Wildman–Crippen MR) is 204 cm³/mol. The predicted octanol–water partition coefficient (Wildman–Crippen LogP) is 9.21. The van der Waals surface area contributed by atoms with E-state index in [9.17, 15) is 19.2 Å². The fourth-order valence-electron chi connectivity index (χ4n) is 6.74. The van der Waals surface area contributed by atoms with Gasteiger partial charge in [0.2, 0.25) is 0 Å². The van der Waals surface area contributed by atoms with E-state index in [-0.39, 0.29) is 45.3 Å². The highest BCUT2D eigenvalue weighted by atomic mass is 16.6. The molecule has 0 aromatic heterocycles. The largest absolute Gasteiger partial charge is 0.423 e. The van der Waals surface area contributed by atoms with Gasteiger partial charge in [0.1, 0.15) is 23.0 Å². The van der Waals surface area contributed by atoms with Crippen molar-refractivity contribution in [1.29, 1.82) is 0 Å². The fraction of sp³-hybridized carbons (Fsp3) is 0.200. The van der Waals surface area contributed by atoms with Crippen LogP contribution in [0.15, 0.2) is 109 Å². The summed E-state index contributed by atoms with van der Waals surface area (Å²) < 4.78 is 24.1. The zero-order valence-electron chi connectivity index (χ0n) is 31.4. The van der Waals surface area contributed by atoms with E-state index in [0.29, 0.717) is 33.4 Å². The Bertz CT molecular complexity index is 2160. The molecule has 0 unspecified atom stereocenters. The van der Waals surface area contributed by atoms with Crippen molar-refractivity contribution in [2.45, 2.75) is 60.8 Å². The van der Waals surface area contributed by atoms with Gasteiger partial charge in [-0.3, -0.25) is 0 Å². The smallest absolute Gasteiger partial charge is 0.338 e. The molecule has 4 aromatic carbocycles. The molecular formula is C45H42O8. The molecule has 1 aliphatic carbocycles. The second-order valence-electron chi connectivity index (χ2n) is 13.6. The number of rotatable bonds is 10. The third kappa shape index (κ3) is 6.53. The number of hydrogen-bond donors (Lipinski definition) is 0. The molecule has 0 aliphatic heterocycles. The SMILES string of the molecule is C=C(C)C(=O)Oc1cc(C)c(C2(c3c(C)cc(OC(=O)C(=C)C)c(C)c3OC(=O)C(=C)C)c3ccccc3-c3ccccc32)c(OC(=O)C(=C)C)c1C. The van der Waals surface area contributed by atoms with Crippen LogP contribution in [0.2, 0.25) is 0 Å². The number of aryl methyl sites for hydroxylation is 2. The maximum Gasteiger partial charge on any atom is 0.338 e. The molecule has 4 aromatic rings. The third-order valence-electron chi connectivity index (χ3n) is 9.25. The van der Waals surface area contributed by atoms with Gasteiger partial charge in [0.05, 0.1) is 5.41 Å². The minimum atomic E-state index is -1.35. The molecule has 53 heavy (non-hydrogen) atoms. The monoisotopic (exact) mass is 710 g/mol. The van der Waals surface area contributed by atoms with Gasteiger partial charge in [-0.25, -0.2) is 19.2 Å². The Morgan fingerprint density at radius 2 is 0.792 bits per heavy atom. The van der Waals surface area contributed by atoms with Crippen molar-refractivity contribution in [2.75, 3.05) is 0 Å². The first-order chi connectivity index (χ1) is 24.9. The summed E-state index contributed by atoms with van der Waals surface area (Å²) in [4.78, 5) is 52.8. The second-order valence-corrected chi connectivity index (χ2v) is 13.6. The molecule has 0 spiro atoms. The maximum absolute atomic E-state index is 13.5. The number of benzene rings is 4. The molecule has 0 amide bonds. The Morgan fingerprint density at radius 3 is 1.11 bits per heavy atom. The van der Waals surface area contributed by atoms with E-state index in [1.807, 2.05) is 62.4 Å². The van der Waals surface area contributed by atoms with Crippen molar-refractivity contribution in [3.05, 3.63) is 154 Å². The van der Waals surface area contributed by atoms with Crippen LogP contribution in [0.3, 0.4) is 0 Å². The topological polar surface area (TPSA) is 105 Å². The molecule has 270 valence electrons. The van der Waals surface area contributed by atoms with Gasteiger partial charge in [-0.15, -0.1) is 0 Å². The highest BCUT2D eigenvalue weighted by molar-refractivity contribution is 5.95. The first-order valence-corrected chi connectivity index (χ1v) is 16.9. The lowest BCUT2D eigenvalue weighted by Crippen LogP contribution is -2.33. The average Bonchev–Trinajstić information content (AvgIpc) is 3.39. The number of hydrogen-bond acceptors (Lipinski definition) is 8. The normalized spacial score (nSPS) is 12.2. The van der Waals surface area contributed by atoms with Gasteiger partial charge in [-0.1, -0.05) is 74.8 Å². The van der Waals surface area contributed by atoms with Crippen LogP contribution >= 0.6 is 0 Å². The molecule has 0 atom stereocenters. The van der Waals surface area contributed by atoms with E-state index >= 15 is 0 Å². The molecule has 5 rings (SSSR count). The van der Waals surface area contributed by atoms with E-state index in [1.165, 1.54) is 0 Å². The summed E-state index contributed by atoms with van der Waals surface area (Å²) in [6.45, 7) is 28.3. The molecule has 0 bridgehead atoms. The van der Waals surface area contributed by atoms with Crippen molar-refractivity contribution in [1.82, 2.24) is 0 Å². The summed E-state index contributed by atoms with van der Waals surface area (Å²) >= 11 is 0. The molecule has 8 heteroatoms. The van der Waals surface area contributed by atoms with Crippen molar-refractivity contribution in [2.24, 2.45) is 0 Å². The van der Waals surface area contributed by atoms with Gasteiger partial charge in [-0.2, -0.15) is 0 Å². The first kappa shape index (κ1) is 38.0. The Morgan fingerprint density at radius 1 is 0.491 bits per heavy atom. The lowest BCUT2D eigenvalue weighted by molar-refractivity contribution is -0.131. The molecule has 0 saturated carbocycles. The van der Waals surface area contributed by atoms with E-state index in [2.05, 4.69) is 26.3 Å². The quantitative estimate of drug-likeness (QED) is 0.0803. The third-order valence-corrected chi connectivity index (χ3v) is 9.25. The van der Waals surface area contributed by atoms with Crippen LogP contribution in [-0.4, -0.2) is 23.9 Å². The van der Waals surface area contributed by atoms with Crippen LogP contribution in [-0.2, 0) is 24.6 Å². The summed E-state index contributed by atoms with van der Waals surface area (Å²) in [5.74, 6) is -2.11. The molecule has 0 N–H and O–H groups in total. The molecule has 0 radical (unpaired) electrons. The van der Waals surface area contributed by atoms with Crippen LogP contribution in [0.25, 0.3) is 11.1 Å². The lowest BCUT2D eigenvalue weighted by Gasteiger charge is -2.39. The Balaban J connectivity index is 2.07. The lowest BCUT2D eigenvalue weighted by atomic mass is 9.64.